The molecule has 4 rings (SSSR count). The monoisotopic (exact) mass is 349 g/mol. The number of carboxylic acids is 1. The van der Waals surface area contributed by atoms with E-state index in [4.69, 9.17) is 4.74 Å². The fraction of sp³-hybridized carbons (Fsp3) is 0.200. The van der Waals surface area contributed by atoms with Crippen molar-refractivity contribution in [3.63, 3.8) is 0 Å². The Morgan fingerprint density at radius 1 is 1.19 bits per heavy atom. The summed E-state index contributed by atoms with van der Waals surface area (Å²) in [6.07, 6.45) is 2.33. The number of rotatable bonds is 5. The largest absolute Gasteiger partial charge is 0.480 e. The fourth-order valence-corrected chi connectivity index (χ4v) is 3.33. The number of H-pyrrole nitrogens is 1. The smallest absolute Gasteiger partial charge is 0.327 e. The van der Waals surface area contributed by atoms with E-state index in [-0.39, 0.29) is 0 Å². The number of ether oxygens (including phenoxy) is 1. The third kappa shape index (κ3) is 3.32. The molecule has 2 heterocycles. The van der Waals surface area contributed by atoms with Crippen LogP contribution in [0.15, 0.2) is 60.9 Å². The maximum atomic E-state index is 11.8. The molecule has 1 aromatic heterocycles. The molecule has 6 heteroatoms. The van der Waals surface area contributed by atoms with Gasteiger partial charge in [-0.05, 0) is 29.8 Å². The lowest BCUT2D eigenvalue weighted by atomic mass is 10.0. The highest BCUT2D eigenvalue weighted by Gasteiger charge is 2.35. The Balaban J connectivity index is 1.54. The summed E-state index contributed by atoms with van der Waals surface area (Å²) in [5.74, 6) is 0.625. The van der Waals surface area contributed by atoms with Crippen LogP contribution >= 0.6 is 0 Å². The number of aliphatic carboxylic acids is 1. The summed E-state index contributed by atoms with van der Waals surface area (Å²) in [5.41, 5.74) is 2.53. The third-order valence-corrected chi connectivity index (χ3v) is 4.52. The average Bonchev–Trinajstić information content (AvgIpc) is 3.11. The van der Waals surface area contributed by atoms with Gasteiger partial charge in [0.2, 0.25) is 0 Å². The number of nitrogens with one attached hydrogen (secondary N) is 1. The van der Waals surface area contributed by atoms with Gasteiger partial charge in [-0.25, -0.2) is 4.98 Å². The van der Waals surface area contributed by atoms with Crippen molar-refractivity contribution >= 4 is 5.97 Å². The van der Waals surface area contributed by atoms with E-state index in [9.17, 15) is 9.90 Å². The molecule has 0 saturated heterocycles. The second-order valence-corrected chi connectivity index (χ2v) is 6.29. The van der Waals surface area contributed by atoms with Crippen LogP contribution in [0.2, 0.25) is 0 Å². The van der Waals surface area contributed by atoms with E-state index < -0.39 is 12.0 Å². The number of fused-ring (bicyclic) bond motifs is 1. The van der Waals surface area contributed by atoms with Crippen LogP contribution in [-0.2, 0) is 17.8 Å². The van der Waals surface area contributed by atoms with Gasteiger partial charge in [0.15, 0.2) is 6.04 Å². The van der Waals surface area contributed by atoms with E-state index in [1.807, 2.05) is 59.5 Å². The van der Waals surface area contributed by atoms with Crippen LogP contribution in [0.3, 0.4) is 0 Å². The van der Waals surface area contributed by atoms with E-state index in [1.54, 1.807) is 6.33 Å². The number of hydrogen-bond acceptors (Lipinski definition) is 4. The maximum absolute atomic E-state index is 11.8. The van der Waals surface area contributed by atoms with E-state index in [2.05, 4.69) is 9.97 Å². The van der Waals surface area contributed by atoms with E-state index in [0.29, 0.717) is 18.8 Å². The van der Waals surface area contributed by atoms with Crippen molar-refractivity contribution in [3.8, 4) is 11.5 Å². The highest BCUT2D eigenvalue weighted by atomic mass is 16.5. The molecule has 6 nitrogen and oxygen atoms in total. The number of aromatic amines is 1. The molecule has 1 aliphatic heterocycles. The van der Waals surface area contributed by atoms with Crippen LogP contribution < -0.4 is 4.74 Å². The minimum absolute atomic E-state index is 0.523. The molecular weight excluding hydrogens is 330 g/mol. The number of aromatic nitrogens is 2. The second kappa shape index (κ2) is 7.01. The topological polar surface area (TPSA) is 78.4 Å². The molecule has 0 saturated carbocycles. The van der Waals surface area contributed by atoms with Crippen molar-refractivity contribution in [2.24, 2.45) is 0 Å². The minimum atomic E-state index is -0.880. The van der Waals surface area contributed by atoms with Crippen LogP contribution in [0.5, 0.6) is 11.5 Å². The van der Waals surface area contributed by atoms with Crippen molar-refractivity contribution in [1.82, 2.24) is 14.9 Å². The van der Waals surface area contributed by atoms with E-state index >= 15 is 0 Å². The van der Waals surface area contributed by atoms with Crippen LogP contribution in [0, 0.1) is 0 Å². The zero-order valence-corrected chi connectivity index (χ0v) is 14.1. The van der Waals surface area contributed by atoms with Gasteiger partial charge in [0.05, 0.1) is 12.0 Å². The Labute approximate surface area is 151 Å². The maximum Gasteiger partial charge on any atom is 0.327 e. The predicted molar refractivity (Wildman–Crippen MR) is 96.0 cm³/mol. The molecule has 3 aromatic rings. The van der Waals surface area contributed by atoms with Crippen molar-refractivity contribution in [2.75, 3.05) is 6.54 Å². The number of carbonyl (C=O) groups is 1. The molecule has 0 aliphatic carbocycles. The standard InChI is InChI=1S/C20H19N3O3/c24-20(25)19-18-17(21-13-22-18)9-10-23(19)12-14-5-4-8-16(11-14)26-15-6-2-1-3-7-15/h1-8,11,13,19H,9-10,12H2,(H,21,22)(H,24,25). The summed E-state index contributed by atoms with van der Waals surface area (Å²) in [6.45, 7) is 1.19. The van der Waals surface area contributed by atoms with Gasteiger partial charge in [-0.3, -0.25) is 9.69 Å². The fourth-order valence-electron chi connectivity index (χ4n) is 3.33. The molecule has 26 heavy (non-hydrogen) atoms. The molecule has 0 bridgehead atoms. The van der Waals surface area contributed by atoms with Crippen molar-refractivity contribution in [3.05, 3.63) is 77.9 Å². The van der Waals surface area contributed by atoms with Crippen LogP contribution in [-0.4, -0.2) is 32.5 Å². The molecule has 0 fully saturated rings. The minimum Gasteiger partial charge on any atom is -0.480 e. The van der Waals surface area contributed by atoms with Gasteiger partial charge >= 0.3 is 5.97 Å². The molecule has 1 unspecified atom stereocenters. The first-order valence-corrected chi connectivity index (χ1v) is 8.51. The number of imidazole rings is 1. The number of para-hydroxylation sites is 1. The summed E-state index contributed by atoms with van der Waals surface area (Å²) in [6, 6.07) is 16.6. The second-order valence-electron chi connectivity index (χ2n) is 6.29. The summed E-state index contributed by atoms with van der Waals surface area (Å²) < 4.78 is 5.87. The zero-order chi connectivity index (χ0) is 17.9. The summed E-state index contributed by atoms with van der Waals surface area (Å²) >= 11 is 0. The quantitative estimate of drug-likeness (QED) is 0.738. The number of hydrogen-bond donors (Lipinski definition) is 2. The average molecular weight is 349 g/mol. The lowest BCUT2D eigenvalue weighted by molar-refractivity contribution is -0.144. The molecule has 132 valence electrons. The molecule has 0 amide bonds. The molecular formula is C20H19N3O3. The van der Waals surface area contributed by atoms with Gasteiger partial charge in [-0.2, -0.15) is 0 Å². The Hall–Kier alpha value is -3.12. The normalized spacial score (nSPS) is 16.8. The molecule has 2 N–H and O–H groups in total. The van der Waals surface area contributed by atoms with E-state index in [1.165, 1.54) is 0 Å². The SMILES string of the molecule is O=C(O)C1c2nc[nH]c2CCN1Cc1cccc(Oc2ccccc2)c1. The van der Waals surface area contributed by atoms with Gasteiger partial charge in [-0.15, -0.1) is 0 Å². The summed E-state index contributed by atoms with van der Waals surface area (Å²) in [5, 5.41) is 9.68. The zero-order valence-electron chi connectivity index (χ0n) is 14.1. The van der Waals surface area contributed by atoms with Crippen molar-refractivity contribution < 1.29 is 14.6 Å². The van der Waals surface area contributed by atoms with Gasteiger partial charge in [0.25, 0.3) is 0 Å². The van der Waals surface area contributed by atoms with Crippen molar-refractivity contribution in [2.45, 2.75) is 19.0 Å². The Bertz CT molecular complexity index is 907. The molecule has 0 radical (unpaired) electrons. The first-order chi connectivity index (χ1) is 12.7. The molecule has 1 aliphatic rings. The first kappa shape index (κ1) is 16.4. The number of benzene rings is 2. The van der Waals surface area contributed by atoms with Gasteiger partial charge in [0, 0.05) is 25.2 Å². The van der Waals surface area contributed by atoms with E-state index in [0.717, 1.165) is 29.2 Å². The Morgan fingerprint density at radius 3 is 2.81 bits per heavy atom. The van der Waals surface area contributed by atoms with Gasteiger partial charge in [0.1, 0.15) is 11.5 Å². The highest BCUT2D eigenvalue weighted by molar-refractivity contribution is 5.75. The first-order valence-electron chi connectivity index (χ1n) is 8.51. The van der Waals surface area contributed by atoms with Gasteiger partial charge < -0.3 is 14.8 Å². The van der Waals surface area contributed by atoms with Crippen molar-refractivity contribution in [1.29, 1.82) is 0 Å². The summed E-state index contributed by atoms with van der Waals surface area (Å²) in [4.78, 5) is 21.0. The van der Waals surface area contributed by atoms with Crippen LogP contribution in [0.25, 0.3) is 0 Å². The van der Waals surface area contributed by atoms with Crippen LogP contribution in [0.4, 0.5) is 0 Å². The lowest BCUT2D eigenvalue weighted by Gasteiger charge is -2.32. The Kier molecular flexibility index (Phi) is 4.41. The lowest BCUT2D eigenvalue weighted by Crippen LogP contribution is -2.39. The highest BCUT2D eigenvalue weighted by Crippen LogP contribution is 2.30. The number of carboxylic acid groups (broad SMARTS) is 1. The molecule has 2 aromatic carbocycles. The Morgan fingerprint density at radius 2 is 2.00 bits per heavy atom. The van der Waals surface area contributed by atoms with Crippen LogP contribution in [0.1, 0.15) is 23.0 Å². The third-order valence-electron chi connectivity index (χ3n) is 4.52. The molecule has 1 atom stereocenters. The molecule has 0 spiro atoms. The summed E-state index contributed by atoms with van der Waals surface area (Å²) in [7, 11) is 0. The number of nitrogens with zero attached hydrogens (tertiary/aromatic N) is 2. The van der Waals surface area contributed by atoms with Gasteiger partial charge in [-0.1, -0.05) is 30.3 Å². The predicted octanol–water partition coefficient (Wildman–Crippen LogP) is 3.39.